The Bertz CT molecular complexity index is 932. The number of hydrogen-bond acceptors (Lipinski definition) is 4. The van der Waals surface area contributed by atoms with Crippen LogP contribution < -0.4 is 0 Å². The van der Waals surface area contributed by atoms with E-state index in [4.69, 9.17) is 0 Å². The van der Waals surface area contributed by atoms with Crippen LogP contribution in [0.2, 0.25) is 0 Å². The first kappa shape index (κ1) is 18.4. The fourth-order valence-corrected chi connectivity index (χ4v) is 4.48. The van der Waals surface area contributed by atoms with E-state index in [2.05, 4.69) is 23.2 Å². The van der Waals surface area contributed by atoms with Gasteiger partial charge in [0.2, 0.25) is 5.91 Å². The van der Waals surface area contributed by atoms with Crippen molar-refractivity contribution in [1.82, 2.24) is 9.88 Å². The van der Waals surface area contributed by atoms with E-state index in [1.54, 1.807) is 29.4 Å². The Morgan fingerprint density at radius 1 is 1.25 bits per heavy atom. The first-order chi connectivity index (χ1) is 13.7. The summed E-state index contributed by atoms with van der Waals surface area (Å²) in [5, 5.41) is 19.9. The van der Waals surface area contributed by atoms with Gasteiger partial charge in [-0.25, -0.2) is 0 Å². The Morgan fingerprint density at radius 2 is 2.04 bits per heavy atom. The molecule has 2 aromatic rings. The molecule has 3 atom stereocenters. The zero-order valence-electron chi connectivity index (χ0n) is 15.7. The van der Waals surface area contributed by atoms with Crippen molar-refractivity contribution in [2.24, 2.45) is 0 Å². The molecule has 2 aliphatic rings. The number of rotatable bonds is 5. The van der Waals surface area contributed by atoms with Gasteiger partial charge in [-0.15, -0.1) is 0 Å². The molecule has 1 saturated heterocycles. The third-order valence-corrected chi connectivity index (χ3v) is 5.83. The molecule has 1 aromatic heterocycles. The number of pyridine rings is 1. The van der Waals surface area contributed by atoms with Gasteiger partial charge in [0, 0.05) is 18.3 Å². The van der Waals surface area contributed by atoms with E-state index in [1.807, 2.05) is 18.2 Å². The molecule has 5 heteroatoms. The van der Waals surface area contributed by atoms with Gasteiger partial charge in [0.1, 0.15) is 6.04 Å². The average molecular weight is 373 g/mol. The van der Waals surface area contributed by atoms with E-state index >= 15 is 0 Å². The molecule has 1 amide bonds. The van der Waals surface area contributed by atoms with Crippen molar-refractivity contribution >= 4 is 11.5 Å². The second-order valence-corrected chi connectivity index (χ2v) is 7.39. The number of nitriles is 1. The fourth-order valence-electron chi connectivity index (χ4n) is 4.48. The highest BCUT2D eigenvalue weighted by Gasteiger charge is 2.52. The molecule has 1 aliphatic carbocycles. The predicted octanol–water partition coefficient (Wildman–Crippen LogP) is 3.07. The Morgan fingerprint density at radius 3 is 2.71 bits per heavy atom. The van der Waals surface area contributed by atoms with Crippen LogP contribution in [0, 0.1) is 11.3 Å². The Kier molecular flexibility index (Phi) is 5.23. The number of carbonyl (C=O) groups is 1. The van der Waals surface area contributed by atoms with Crippen LogP contribution >= 0.6 is 0 Å². The molecule has 1 N–H and O–H groups in total. The van der Waals surface area contributed by atoms with Crippen LogP contribution in [0.1, 0.15) is 41.9 Å². The Hall–Kier alpha value is -2.97. The minimum absolute atomic E-state index is 0.134. The summed E-state index contributed by atoms with van der Waals surface area (Å²) in [7, 11) is 0. The van der Waals surface area contributed by atoms with E-state index < -0.39 is 6.04 Å². The second-order valence-electron chi connectivity index (χ2n) is 7.39. The lowest BCUT2D eigenvalue weighted by Crippen LogP contribution is -2.65. The normalized spacial score (nSPS) is 23.6. The van der Waals surface area contributed by atoms with Crippen LogP contribution in [0.3, 0.4) is 0 Å². The number of benzene rings is 1. The van der Waals surface area contributed by atoms with Crippen LogP contribution in [-0.4, -0.2) is 39.6 Å². The molecule has 1 fully saturated rings. The highest BCUT2D eigenvalue weighted by atomic mass is 16.3. The molecular formula is C23H23N3O2. The number of nitrogens with zero attached hydrogens (tertiary/aromatic N) is 3. The van der Waals surface area contributed by atoms with Crippen molar-refractivity contribution in [2.45, 2.75) is 43.7 Å². The quantitative estimate of drug-likeness (QED) is 0.874. The molecule has 1 aliphatic heterocycles. The highest BCUT2D eigenvalue weighted by Crippen LogP contribution is 2.44. The summed E-state index contributed by atoms with van der Waals surface area (Å²) in [4.78, 5) is 18.4. The topological polar surface area (TPSA) is 77.2 Å². The summed E-state index contributed by atoms with van der Waals surface area (Å²) in [6.07, 6.45) is 9.04. The van der Waals surface area contributed by atoms with Crippen molar-refractivity contribution in [3.8, 4) is 6.07 Å². The molecule has 5 nitrogen and oxygen atoms in total. The molecule has 0 spiro atoms. The van der Waals surface area contributed by atoms with E-state index in [-0.39, 0.29) is 30.9 Å². The molecule has 0 radical (unpaired) electrons. The minimum atomic E-state index is -0.561. The lowest BCUT2D eigenvalue weighted by Gasteiger charge is -2.52. The highest BCUT2D eigenvalue weighted by molar-refractivity contribution is 5.82. The Labute approximate surface area is 164 Å². The summed E-state index contributed by atoms with van der Waals surface area (Å²) in [5.41, 5.74) is 4.39. The van der Waals surface area contributed by atoms with Gasteiger partial charge in [-0.2, -0.15) is 5.26 Å². The number of aliphatic hydroxyl groups excluding tert-OH is 1. The molecule has 0 unspecified atom stereocenters. The zero-order chi connectivity index (χ0) is 19.5. The molecule has 4 rings (SSSR count). The SMILES string of the molecule is N#C[C@@H]1[C@H](c2ccccc2C2=CCCC2)[C@H](CO)N1C(=O)Cc1ccncc1. The lowest BCUT2D eigenvalue weighted by molar-refractivity contribution is -0.146. The molecule has 1 aromatic carbocycles. The first-order valence-corrected chi connectivity index (χ1v) is 9.73. The van der Waals surface area contributed by atoms with Gasteiger partial charge in [-0.05, 0) is 53.7 Å². The number of allylic oxidation sites excluding steroid dienone is 2. The van der Waals surface area contributed by atoms with Gasteiger partial charge in [-0.3, -0.25) is 9.78 Å². The van der Waals surface area contributed by atoms with Gasteiger partial charge in [0.25, 0.3) is 0 Å². The lowest BCUT2D eigenvalue weighted by atomic mass is 9.73. The third kappa shape index (κ3) is 3.21. The number of hydrogen-bond donors (Lipinski definition) is 1. The summed E-state index contributed by atoms with van der Waals surface area (Å²) < 4.78 is 0. The van der Waals surface area contributed by atoms with Crippen molar-refractivity contribution < 1.29 is 9.90 Å². The zero-order valence-corrected chi connectivity index (χ0v) is 15.7. The van der Waals surface area contributed by atoms with Crippen LogP contribution in [0.4, 0.5) is 0 Å². The number of amides is 1. The van der Waals surface area contributed by atoms with Crippen LogP contribution in [0.5, 0.6) is 0 Å². The minimum Gasteiger partial charge on any atom is -0.394 e. The standard InChI is InChI=1S/C23H23N3O2/c24-14-20-23(19-8-4-3-7-18(19)17-5-1-2-6-17)21(15-27)26(20)22(28)13-16-9-11-25-12-10-16/h3-5,7-12,20-21,23,27H,1-2,6,13,15H2/t20-,21+,23+/m1/s1. The summed E-state index contributed by atoms with van der Waals surface area (Å²) >= 11 is 0. The molecule has 0 bridgehead atoms. The maximum absolute atomic E-state index is 12.9. The maximum atomic E-state index is 12.9. The Balaban J connectivity index is 1.62. The van der Waals surface area contributed by atoms with Crippen LogP contribution in [0.15, 0.2) is 54.9 Å². The van der Waals surface area contributed by atoms with Gasteiger partial charge in [0.05, 0.1) is 25.1 Å². The van der Waals surface area contributed by atoms with Crippen LogP contribution in [0.25, 0.3) is 5.57 Å². The van der Waals surface area contributed by atoms with Crippen LogP contribution in [-0.2, 0) is 11.2 Å². The largest absolute Gasteiger partial charge is 0.394 e. The second kappa shape index (κ2) is 7.95. The van der Waals surface area contributed by atoms with Gasteiger partial charge in [0.15, 0.2) is 0 Å². The van der Waals surface area contributed by atoms with E-state index in [0.717, 1.165) is 36.0 Å². The van der Waals surface area contributed by atoms with Gasteiger partial charge >= 0.3 is 0 Å². The summed E-state index contributed by atoms with van der Waals surface area (Å²) in [6.45, 7) is -0.154. The van der Waals surface area contributed by atoms with Crippen molar-refractivity contribution in [3.05, 3.63) is 71.6 Å². The van der Waals surface area contributed by atoms with Gasteiger partial charge in [-0.1, -0.05) is 30.3 Å². The molecule has 0 saturated carbocycles. The maximum Gasteiger partial charge on any atom is 0.228 e. The van der Waals surface area contributed by atoms with Crippen molar-refractivity contribution in [3.63, 3.8) is 0 Å². The monoisotopic (exact) mass is 373 g/mol. The van der Waals surface area contributed by atoms with Crippen molar-refractivity contribution in [2.75, 3.05) is 6.61 Å². The average Bonchev–Trinajstić information content (AvgIpc) is 3.24. The summed E-state index contributed by atoms with van der Waals surface area (Å²) in [6, 6.07) is 13.1. The first-order valence-electron chi connectivity index (χ1n) is 9.73. The van der Waals surface area contributed by atoms with E-state index in [0.29, 0.717) is 0 Å². The fraction of sp³-hybridized carbons (Fsp3) is 0.348. The molecular weight excluding hydrogens is 350 g/mol. The third-order valence-electron chi connectivity index (χ3n) is 5.83. The number of likely N-dealkylation sites (tertiary alicyclic amines) is 1. The van der Waals surface area contributed by atoms with E-state index in [1.165, 1.54) is 5.57 Å². The molecule has 2 heterocycles. The predicted molar refractivity (Wildman–Crippen MR) is 106 cm³/mol. The number of carbonyl (C=O) groups excluding carboxylic acids is 1. The van der Waals surface area contributed by atoms with E-state index in [9.17, 15) is 15.2 Å². The number of aromatic nitrogens is 1. The number of aliphatic hydroxyl groups is 1. The van der Waals surface area contributed by atoms with Gasteiger partial charge < -0.3 is 10.0 Å². The van der Waals surface area contributed by atoms with Crippen molar-refractivity contribution in [1.29, 1.82) is 5.26 Å². The molecule has 142 valence electrons. The molecule has 28 heavy (non-hydrogen) atoms. The summed E-state index contributed by atoms with van der Waals surface area (Å²) in [5.74, 6) is -0.306. The smallest absolute Gasteiger partial charge is 0.228 e.